The van der Waals surface area contributed by atoms with E-state index in [1.165, 1.54) is 0 Å². The smallest absolute Gasteiger partial charge is 0.258 e. The van der Waals surface area contributed by atoms with Crippen LogP contribution in [0, 0.1) is 0 Å². The summed E-state index contributed by atoms with van der Waals surface area (Å²) >= 11 is 0. The molecule has 0 aliphatic heterocycles. The molecule has 2 rings (SSSR count). The van der Waals surface area contributed by atoms with Crippen molar-refractivity contribution < 1.29 is 26.7 Å². The van der Waals surface area contributed by atoms with E-state index in [1.807, 2.05) is 64.1 Å². The predicted octanol–water partition coefficient (Wildman–Crippen LogP) is 0.0676. The van der Waals surface area contributed by atoms with Crippen molar-refractivity contribution in [2.45, 2.75) is 46.3 Å². The summed E-state index contributed by atoms with van der Waals surface area (Å²) in [4.78, 5) is 16.2. The predicted molar refractivity (Wildman–Crippen MR) is 106 cm³/mol. The van der Waals surface area contributed by atoms with Crippen LogP contribution in [0.4, 0.5) is 0 Å². The SMILES string of the molecule is CCOc1cc(CNCc2ccccn2)ccc1OCC(=O)NC(C)(C)C.[Cl-]. The van der Waals surface area contributed by atoms with Crippen LogP contribution in [0.3, 0.4) is 0 Å². The van der Waals surface area contributed by atoms with Gasteiger partial charge in [-0.25, -0.2) is 0 Å². The largest absolute Gasteiger partial charge is 1.00 e. The highest BCUT2D eigenvalue weighted by molar-refractivity contribution is 5.78. The molecule has 1 heterocycles. The molecule has 0 fully saturated rings. The third-order valence-corrected chi connectivity index (χ3v) is 3.54. The van der Waals surface area contributed by atoms with Crippen LogP contribution in [-0.2, 0) is 17.9 Å². The van der Waals surface area contributed by atoms with Crippen LogP contribution in [0.15, 0.2) is 42.6 Å². The third-order valence-electron chi connectivity index (χ3n) is 3.54. The van der Waals surface area contributed by atoms with E-state index in [0.29, 0.717) is 31.2 Å². The maximum absolute atomic E-state index is 12.0. The number of ether oxygens (including phenoxy) is 2. The Morgan fingerprint density at radius 1 is 1.07 bits per heavy atom. The van der Waals surface area contributed by atoms with Crippen LogP contribution >= 0.6 is 0 Å². The standard InChI is InChI=1S/C21H29N3O3.ClH/c1-5-26-19-12-16(13-22-14-17-8-6-7-11-23-17)9-10-18(19)27-15-20(25)24-21(2,3)4;/h6-12,22H,5,13-15H2,1-4H3,(H,24,25);1H/p-1. The van der Waals surface area contributed by atoms with E-state index in [1.54, 1.807) is 6.20 Å². The first-order chi connectivity index (χ1) is 12.9. The molecule has 6 nitrogen and oxygen atoms in total. The van der Waals surface area contributed by atoms with E-state index < -0.39 is 0 Å². The second-order valence-corrected chi connectivity index (χ2v) is 7.23. The normalized spacial score (nSPS) is 10.7. The van der Waals surface area contributed by atoms with Crippen molar-refractivity contribution in [2.75, 3.05) is 13.2 Å². The first kappa shape index (κ1) is 23.7. The fourth-order valence-corrected chi connectivity index (χ4v) is 2.49. The van der Waals surface area contributed by atoms with Gasteiger partial charge >= 0.3 is 0 Å². The summed E-state index contributed by atoms with van der Waals surface area (Å²) in [5.41, 5.74) is 1.78. The lowest BCUT2D eigenvalue weighted by atomic mass is 10.1. The Hall–Kier alpha value is -2.31. The molecular weight excluding hydrogens is 378 g/mol. The summed E-state index contributed by atoms with van der Waals surface area (Å²) in [5, 5.41) is 6.23. The van der Waals surface area contributed by atoms with Gasteiger partial charge in [0.15, 0.2) is 18.1 Å². The van der Waals surface area contributed by atoms with Crippen LogP contribution < -0.4 is 32.5 Å². The van der Waals surface area contributed by atoms with Gasteiger partial charge in [0.1, 0.15) is 0 Å². The Balaban J connectivity index is 0.00000392. The van der Waals surface area contributed by atoms with Crippen LogP contribution in [0.25, 0.3) is 0 Å². The molecule has 2 aromatic rings. The molecule has 0 saturated heterocycles. The highest BCUT2D eigenvalue weighted by Crippen LogP contribution is 2.28. The number of hydrogen-bond donors (Lipinski definition) is 2. The third kappa shape index (κ3) is 8.59. The number of carbonyl (C=O) groups is 1. The minimum absolute atomic E-state index is 0. The van der Waals surface area contributed by atoms with E-state index in [-0.39, 0.29) is 30.5 Å². The zero-order valence-corrected chi connectivity index (χ0v) is 17.7. The molecule has 0 unspecified atom stereocenters. The van der Waals surface area contributed by atoms with Crippen LogP contribution in [0.5, 0.6) is 11.5 Å². The molecule has 1 aromatic heterocycles. The molecule has 0 aliphatic rings. The van der Waals surface area contributed by atoms with E-state index >= 15 is 0 Å². The van der Waals surface area contributed by atoms with Crippen molar-refractivity contribution in [3.05, 3.63) is 53.9 Å². The summed E-state index contributed by atoms with van der Waals surface area (Å²) < 4.78 is 11.3. The zero-order chi connectivity index (χ0) is 19.7. The second-order valence-electron chi connectivity index (χ2n) is 7.23. The Morgan fingerprint density at radius 3 is 2.50 bits per heavy atom. The van der Waals surface area contributed by atoms with Gasteiger partial charge in [-0.1, -0.05) is 12.1 Å². The highest BCUT2D eigenvalue weighted by Gasteiger charge is 2.15. The molecule has 28 heavy (non-hydrogen) atoms. The lowest BCUT2D eigenvalue weighted by molar-refractivity contribution is -0.124. The molecular formula is C21H29ClN3O3-. The minimum atomic E-state index is -0.285. The zero-order valence-electron chi connectivity index (χ0n) is 16.9. The molecule has 2 N–H and O–H groups in total. The number of halogens is 1. The van der Waals surface area contributed by atoms with E-state index in [4.69, 9.17) is 9.47 Å². The van der Waals surface area contributed by atoms with Gasteiger partial charge in [-0.3, -0.25) is 9.78 Å². The monoisotopic (exact) mass is 406 g/mol. The van der Waals surface area contributed by atoms with Gasteiger partial charge in [-0.15, -0.1) is 0 Å². The van der Waals surface area contributed by atoms with Gasteiger partial charge < -0.3 is 32.5 Å². The Kier molecular flexibility index (Phi) is 9.76. The van der Waals surface area contributed by atoms with Gasteiger partial charge in [0.25, 0.3) is 5.91 Å². The number of nitrogens with one attached hydrogen (secondary N) is 2. The van der Waals surface area contributed by atoms with Gasteiger partial charge in [0.05, 0.1) is 12.3 Å². The fourth-order valence-electron chi connectivity index (χ4n) is 2.49. The molecule has 0 aliphatic carbocycles. The Bertz CT molecular complexity index is 733. The minimum Gasteiger partial charge on any atom is -1.00 e. The number of aromatic nitrogens is 1. The van der Waals surface area contributed by atoms with Gasteiger partial charge in [0.2, 0.25) is 0 Å². The number of nitrogens with zero attached hydrogens (tertiary/aromatic N) is 1. The molecule has 0 atom stereocenters. The first-order valence-corrected chi connectivity index (χ1v) is 9.17. The van der Waals surface area contributed by atoms with Crippen molar-refractivity contribution in [2.24, 2.45) is 0 Å². The second kappa shape index (κ2) is 11.5. The van der Waals surface area contributed by atoms with Gasteiger partial charge in [-0.05, 0) is 57.5 Å². The quantitative estimate of drug-likeness (QED) is 0.616. The van der Waals surface area contributed by atoms with Crippen LogP contribution in [-0.4, -0.2) is 29.6 Å². The summed E-state index contributed by atoms with van der Waals surface area (Å²) in [7, 11) is 0. The number of carbonyl (C=O) groups excluding carboxylic acids is 1. The highest BCUT2D eigenvalue weighted by atomic mass is 35.5. The first-order valence-electron chi connectivity index (χ1n) is 9.17. The van der Waals surface area contributed by atoms with E-state index in [2.05, 4.69) is 15.6 Å². The number of hydrogen-bond acceptors (Lipinski definition) is 5. The van der Waals surface area contributed by atoms with Gasteiger partial charge in [-0.2, -0.15) is 0 Å². The van der Waals surface area contributed by atoms with Crippen LogP contribution in [0.1, 0.15) is 39.0 Å². The maximum Gasteiger partial charge on any atom is 0.258 e. The number of benzene rings is 1. The summed E-state index contributed by atoms with van der Waals surface area (Å²) in [6.07, 6.45) is 1.78. The molecule has 0 spiro atoms. The molecule has 7 heteroatoms. The summed E-state index contributed by atoms with van der Waals surface area (Å²) in [5.74, 6) is 1.04. The van der Waals surface area contributed by atoms with Crippen molar-refractivity contribution >= 4 is 5.91 Å². The number of rotatable bonds is 9. The van der Waals surface area contributed by atoms with E-state index in [0.717, 1.165) is 11.3 Å². The van der Waals surface area contributed by atoms with E-state index in [9.17, 15) is 4.79 Å². The number of amides is 1. The van der Waals surface area contributed by atoms with Crippen molar-refractivity contribution in [3.8, 4) is 11.5 Å². The molecule has 0 radical (unpaired) electrons. The molecule has 0 bridgehead atoms. The fraction of sp³-hybridized carbons (Fsp3) is 0.429. The summed E-state index contributed by atoms with van der Waals surface area (Å²) in [6, 6.07) is 11.6. The maximum atomic E-state index is 12.0. The lowest BCUT2D eigenvalue weighted by Gasteiger charge is -2.21. The molecule has 154 valence electrons. The number of pyridine rings is 1. The molecule has 1 amide bonds. The van der Waals surface area contributed by atoms with Crippen molar-refractivity contribution in [1.29, 1.82) is 0 Å². The van der Waals surface area contributed by atoms with Crippen molar-refractivity contribution in [1.82, 2.24) is 15.6 Å². The molecule has 1 aromatic carbocycles. The van der Waals surface area contributed by atoms with Crippen LogP contribution in [0.2, 0.25) is 0 Å². The topological polar surface area (TPSA) is 72.5 Å². The van der Waals surface area contributed by atoms with Gasteiger partial charge in [0, 0.05) is 24.8 Å². The average molecular weight is 407 g/mol. The molecule has 0 saturated carbocycles. The Labute approximate surface area is 173 Å². The Morgan fingerprint density at radius 2 is 1.86 bits per heavy atom. The lowest BCUT2D eigenvalue weighted by Crippen LogP contribution is -3.00. The average Bonchev–Trinajstić information content (AvgIpc) is 2.61. The summed E-state index contributed by atoms with van der Waals surface area (Å²) in [6.45, 7) is 9.57. The van der Waals surface area contributed by atoms with Crippen molar-refractivity contribution in [3.63, 3.8) is 0 Å².